The van der Waals surface area contributed by atoms with Crippen LogP contribution in [0, 0.1) is 33.5 Å². The second-order valence-corrected chi connectivity index (χ2v) is 9.67. The van der Waals surface area contributed by atoms with Gasteiger partial charge in [-0.1, -0.05) is 26.0 Å². The third kappa shape index (κ3) is 1.88. The Hall–Kier alpha value is -0.380. The van der Waals surface area contributed by atoms with Gasteiger partial charge in [0.25, 0.3) is 0 Å². The maximum Gasteiger partial charge on any atom is 0.0618 e. The minimum Gasteiger partial charge on any atom is -0.396 e. The minimum atomic E-state index is -0.376. The van der Waals surface area contributed by atoms with Crippen LogP contribution in [0.15, 0.2) is 12.2 Å². The van der Waals surface area contributed by atoms with Gasteiger partial charge in [0.15, 0.2) is 0 Å². The van der Waals surface area contributed by atoms with Gasteiger partial charge in [-0.15, -0.1) is 0 Å². The first kappa shape index (κ1) is 16.1. The fourth-order valence-electron chi connectivity index (χ4n) is 7.41. The van der Waals surface area contributed by atoms with E-state index in [1.54, 1.807) is 0 Å². The molecular weight excluding hydrogens is 288 g/mol. The second kappa shape index (κ2) is 4.83. The van der Waals surface area contributed by atoms with Crippen LogP contribution in [0.25, 0.3) is 0 Å². The largest absolute Gasteiger partial charge is 0.396 e. The van der Waals surface area contributed by atoms with Crippen molar-refractivity contribution in [1.29, 1.82) is 0 Å². The first-order valence-corrected chi connectivity index (χ1v) is 9.44. The molecule has 1 spiro atoms. The predicted octanol–water partition coefficient (Wildman–Crippen LogP) is 2.89. The fourth-order valence-corrected chi connectivity index (χ4v) is 7.41. The molecule has 3 saturated carbocycles. The van der Waals surface area contributed by atoms with Crippen molar-refractivity contribution in [3.05, 3.63) is 12.2 Å². The standard InChI is InChI=1S/C20H32O3/c1-17-6-5-16(23)18(2,12-21)14(17)4-8-20-10-9-19(11-20,13-22)7-3-15(17)20/h9-10,14-16,21-23H,3-8,11-13H2,1-2H3/t14-,15-,16-,17-,18+,19+,20+/m1/s1. The van der Waals surface area contributed by atoms with Crippen molar-refractivity contribution in [2.45, 2.75) is 64.9 Å². The maximum absolute atomic E-state index is 10.6. The number of aliphatic hydroxyl groups is 3. The van der Waals surface area contributed by atoms with Crippen LogP contribution in [0.2, 0.25) is 0 Å². The molecule has 0 unspecified atom stereocenters. The number of rotatable bonds is 2. The maximum atomic E-state index is 10.6. The van der Waals surface area contributed by atoms with Crippen LogP contribution in [0.4, 0.5) is 0 Å². The lowest BCUT2D eigenvalue weighted by Gasteiger charge is -2.65. The smallest absolute Gasteiger partial charge is 0.0618 e. The number of fused-ring (bicyclic) bond motifs is 3. The SMILES string of the molecule is C[C@]1(CO)[C@@H]2CC[C@@]34C=C[C@@](CO)(CC[C@@H]3[C@]2(C)CC[C@H]1O)C4. The van der Waals surface area contributed by atoms with E-state index >= 15 is 0 Å². The molecule has 0 amide bonds. The molecule has 0 saturated heterocycles. The van der Waals surface area contributed by atoms with Crippen molar-refractivity contribution in [2.24, 2.45) is 33.5 Å². The number of hydrogen-bond acceptors (Lipinski definition) is 3. The van der Waals surface area contributed by atoms with E-state index in [4.69, 9.17) is 0 Å². The van der Waals surface area contributed by atoms with E-state index in [-0.39, 0.29) is 41.0 Å². The highest BCUT2D eigenvalue weighted by atomic mass is 16.3. The minimum absolute atomic E-state index is 0.0359. The molecule has 3 N–H and O–H groups in total. The Labute approximate surface area is 139 Å². The topological polar surface area (TPSA) is 60.7 Å². The van der Waals surface area contributed by atoms with E-state index in [0.717, 1.165) is 38.5 Å². The lowest BCUT2D eigenvalue weighted by molar-refractivity contribution is -0.195. The van der Waals surface area contributed by atoms with Gasteiger partial charge >= 0.3 is 0 Å². The summed E-state index contributed by atoms with van der Waals surface area (Å²) in [5.74, 6) is 1.03. The molecule has 23 heavy (non-hydrogen) atoms. The first-order valence-electron chi connectivity index (χ1n) is 9.44. The van der Waals surface area contributed by atoms with Gasteiger partial charge < -0.3 is 15.3 Å². The van der Waals surface area contributed by atoms with E-state index in [2.05, 4.69) is 26.0 Å². The van der Waals surface area contributed by atoms with Gasteiger partial charge in [-0.05, 0) is 67.6 Å². The molecule has 0 radical (unpaired) electrons. The summed E-state index contributed by atoms with van der Waals surface area (Å²) in [5, 5.41) is 30.5. The Balaban J connectivity index is 1.72. The second-order valence-electron chi connectivity index (χ2n) is 9.67. The highest BCUT2D eigenvalue weighted by Crippen LogP contribution is 2.71. The molecule has 7 atom stereocenters. The van der Waals surface area contributed by atoms with E-state index < -0.39 is 0 Å². The molecule has 4 aliphatic carbocycles. The van der Waals surface area contributed by atoms with Crippen molar-refractivity contribution >= 4 is 0 Å². The Morgan fingerprint density at radius 2 is 1.65 bits per heavy atom. The molecule has 0 aromatic carbocycles. The molecule has 3 nitrogen and oxygen atoms in total. The zero-order valence-electron chi connectivity index (χ0n) is 14.6. The van der Waals surface area contributed by atoms with Gasteiger partial charge in [0, 0.05) is 10.8 Å². The van der Waals surface area contributed by atoms with Crippen LogP contribution in [0.3, 0.4) is 0 Å². The van der Waals surface area contributed by atoms with Crippen molar-refractivity contribution in [3.63, 3.8) is 0 Å². The fraction of sp³-hybridized carbons (Fsp3) is 0.900. The number of allylic oxidation sites excluding steroid dienone is 1. The van der Waals surface area contributed by atoms with Crippen LogP contribution < -0.4 is 0 Å². The van der Waals surface area contributed by atoms with E-state index in [9.17, 15) is 15.3 Å². The van der Waals surface area contributed by atoms with Crippen molar-refractivity contribution in [1.82, 2.24) is 0 Å². The van der Waals surface area contributed by atoms with Gasteiger partial charge in [0.05, 0.1) is 19.3 Å². The van der Waals surface area contributed by atoms with Crippen LogP contribution in [-0.2, 0) is 0 Å². The van der Waals surface area contributed by atoms with E-state index in [1.165, 1.54) is 6.42 Å². The molecule has 4 rings (SSSR count). The first-order chi connectivity index (χ1) is 10.8. The summed E-state index contributed by atoms with van der Waals surface area (Å²) in [4.78, 5) is 0. The average Bonchev–Trinajstić information content (AvgIpc) is 2.83. The van der Waals surface area contributed by atoms with E-state index in [1.807, 2.05) is 0 Å². The normalized spacial score (nSPS) is 57.9. The van der Waals surface area contributed by atoms with Crippen LogP contribution in [0.1, 0.15) is 58.8 Å². The average molecular weight is 320 g/mol. The lowest BCUT2D eigenvalue weighted by atomic mass is 9.40. The molecule has 130 valence electrons. The molecular formula is C20H32O3. The van der Waals surface area contributed by atoms with E-state index in [0.29, 0.717) is 11.8 Å². The lowest BCUT2D eigenvalue weighted by Crippen LogP contribution is -2.61. The Bertz CT molecular complexity index is 531. The Morgan fingerprint density at radius 3 is 2.35 bits per heavy atom. The molecule has 0 aromatic rings. The quantitative estimate of drug-likeness (QED) is 0.686. The summed E-state index contributed by atoms with van der Waals surface area (Å²) < 4.78 is 0. The van der Waals surface area contributed by atoms with Crippen molar-refractivity contribution in [2.75, 3.05) is 13.2 Å². The summed E-state index contributed by atoms with van der Waals surface area (Å²) in [7, 11) is 0. The molecule has 0 heterocycles. The zero-order valence-corrected chi connectivity index (χ0v) is 14.6. The third-order valence-corrected chi connectivity index (χ3v) is 8.73. The van der Waals surface area contributed by atoms with Crippen LogP contribution in [0.5, 0.6) is 0 Å². The highest BCUT2D eigenvalue weighted by Gasteiger charge is 2.65. The molecule has 0 aliphatic heterocycles. The van der Waals surface area contributed by atoms with Crippen molar-refractivity contribution in [3.8, 4) is 0 Å². The van der Waals surface area contributed by atoms with Gasteiger partial charge in [-0.3, -0.25) is 0 Å². The molecule has 0 aromatic heterocycles. The predicted molar refractivity (Wildman–Crippen MR) is 89.7 cm³/mol. The molecule has 4 aliphatic rings. The van der Waals surface area contributed by atoms with Crippen LogP contribution >= 0.6 is 0 Å². The van der Waals surface area contributed by atoms with Crippen molar-refractivity contribution < 1.29 is 15.3 Å². The molecule has 2 bridgehead atoms. The summed E-state index contributed by atoms with van der Waals surface area (Å²) >= 11 is 0. The summed E-state index contributed by atoms with van der Waals surface area (Å²) in [6.45, 7) is 4.90. The van der Waals surface area contributed by atoms with Gasteiger partial charge in [-0.2, -0.15) is 0 Å². The van der Waals surface area contributed by atoms with Gasteiger partial charge in [0.1, 0.15) is 0 Å². The summed E-state index contributed by atoms with van der Waals surface area (Å²) in [6, 6.07) is 0. The Morgan fingerprint density at radius 1 is 0.913 bits per heavy atom. The molecule has 3 heteroatoms. The number of hydrogen-bond donors (Lipinski definition) is 3. The van der Waals surface area contributed by atoms with Gasteiger partial charge in [-0.25, -0.2) is 0 Å². The highest BCUT2D eigenvalue weighted by molar-refractivity contribution is 5.26. The van der Waals surface area contributed by atoms with Crippen LogP contribution in [-0.4, -0.2) is 34.6 Å². The monoisotopic (exact) mass is 320 g/mol. The number of aliphatic hydroxyl groups excluding tert-OH is 3. The zero-order chi connectivity index (χ0) is 16.5. The summed E-state index contributed by atoms with van der Waals surface area (Å²) in [5.41, 5.74) is 0.132. The molecule has 3 fully saturated rings. The van der Waals surface area contributed by atoms with Gasteiger partial charge in [0.2, 0.25) is 0 Å². The Kier molecular flexibility index (Phi) is 3.38. The third-order valence-electron chi connectivity index (χ3n) is 8.73. The summed E-state index contributed by atoms with van der Waals surface area (Å²) in [6.07, 6.45) is 11.9.